The van der Waals surface area contributed by atoms with Crippen molar-refractivity contribution in [1.29, 1.82) is 0 Å². The van der Waals surface area contributed by atoms with Gasteiger partial charge in [-0.15, -0.1) is 0 Å². The third-order valence-electron chi connectivity index (χ3n) is 8.15. The molecule has 0 unspecified atom stereocenters. The van der Waals surface area contributed by atoms with Gasteiger partial charge in [0.05, 0.1) is 5.69 Å². The first-order chi connectivity index (χ1) is 18.4. The van der Waals surface area contributed by atoms with E-state index in [4.69, 9.17) is 11.5 Å². The second-order valence-electron chi connectivity index (χ2n) is 10.8. The average Bonchev–Trinajstić information content (AvgIpc) is 3.16. The summed E-state index contributed by atoms with van der Waals surface area (Å²) in [4.78, 5) is 0. The zero-order valence-corrected chi connectivity index (χ0v) is 21.5. The SMILES string of the molecule is CC1(C)c2cc(N)ccc2-c2cc3c(Nc4ccc(-c5ccccc5)cc4)c4ccccc4c(N)c3cc21. The molecular formula is C35H29N3. The third-order valence-corrected chi connectivity index (χ3v) is 8.15. The van der Waals surface area contributed by atoms with Crippen LogP contribution in [-0.2, 0) is 5.41 Å². The Morgan fingerprint density at radius 3 is 1.97 bits per heavy atom. The molecule has 0 saturated carbocycles. The minimum Gasteiger partial charge on any atom is -0.399 e. The molecule has 0 heterocycles. The zero-order valence-electron chi connectivity index (χ0n) is 21.5. The van der Waals surface area contributed by atoms with E-state index in [0.717, 1.165) is 44.3 Å². The Labute approximate surface area is 222 Å². The Kier molecular flexibility index (Phi) is 4.80. The highest BCUT2D eigenvalue weighted by Gasteiger charge is 2.36. The first kappa shape index (κ1) is 22.4. The lowest BCUT2D eigenvalue weighted by Crippen LogP contribution is -2.15. The fraction of sp³-hybridized carbons (Fsp3) is 0.0857. The molecule has 3 nitrogen and oxygen atoms in total. The summed E-state index contributed by atoms with van der Waals surface area (Å²) in [5.41, 5.74) is 24.1. The van der Waals surface area contributed by atoms with E-state index < -0.39 is 0 Å². The van der Waals surface area contributed by atoms with Crippen LogP contribution in [0.25, 0.3) is 43.8 Å². The molecule has 184 valence electrons. The molecule has 1 aliphatic rings. The van der Waals surface area contributed by atoms with Crippen molar-refractivity contribution >= 4 is 44.3 Å². The lowest BCUT2D eigenvalue weighted by molar-refractivity contribution is 0.661. The number of anilines is 4. The van der Waals surface area contributed by atoms with Gasteiger partial charge in [-0.25, -0.2) is 0 Å². The van der Waals surface area contributed by atoms with Crippen molar-refractivity contribution in [1.82, 2.24) is 0 Å². The van der Waals surface area contributed by atoms with Crippen molar-refractivity contribution in [3.05, 3.63) is 120 Å². The van der Waals surface area contributed by atoms with Crippen LogP contribution < -0.4 is 16.8 Å². The summed E-state index contributed by atoms with van der Waals surface area (Å²) < 4.78 is 0. The van der Waals surface area contributed by atoms with Crippen LogP contribution in [0.1, 0.15) is 25.0 Å². The standard InChI is InChI=1S/C35H29N3/c1-35(2)31-18-23(36)14-17-25(31)28-19-30-29(20-32(28)35)33(37)26-10-6-7-11-27(26)34(30)38-24-15-12-22(13-16-24)21-8-4-3-5-9-21/h3-20,38H,36-37H2,1-2H3. The minimum absolute atomic E-state index is 0.160. The number of nitrogen functional groups attached to an aromatic ring is 2. The Hall–Kier alpha value is -4.76. The summed E-state index contributed by atoms with van der Waals surface area (Å²) in [5.74, 6) is 0. The highest BCUT2D eigenvalue weighted by molar-refractivity contribution is 6.21. The first-order valence-corrected chi connectivity index (χ1v) is 13.0. The van der Waals surface area contributed by atoms with E-state index in [1.807, 2.05) is 12.1 Å². The van der Waals surface area contributed by atoms with E-state index in [1.54, 1.807) is 0 Å². The largest absolute Gasteiger partial charge is 0.399 e. The second-order valence-corrected chi connectivity index (χ2v) is 10.8. The Morgan fingerprint density at radius 1 is 0.553 bits per heavy atom. The van der Waals surface area contributed by atoms with Gasteiger partial charge < -0.3 is 16.8 Å². The molecule has 0 bridgehead atoms. The van der Waals surface area contributed by atoms with Gasteiger partial charge in [0.25, 0.3) is 0 Å². The molecule has 0 fully saturated rings. The molecule has 5 N–H and O–H groups in total. The molecule has 0 radical (unpaired) electrons. The van der Waals surface area contributed by atoms with Gasteiger partial charge in [0.15, 0.2) is 0 Å². The maximum atomic E-state index is 6.87. The third kappa shape index (κ3) is 3.29. The highest BCUT2D eigenvalue weighted by atomic mass is 14.9. The number of nitrogens with one attached hydrogen (secondary N) is 1. The van der Waals surface area contributed by atoms with Gasteiger partial charge in [-0.2, -0.15) is 0 Å². The van der Waals surface area contributed by atoms with Crippen LogP contribution in [0.2, 0.25) is 0 Å². The van der Waals surface area contributed by atoms with Gasteiger partial charge in [0, 0.05) is 44.0 Å². The Balaban J connectivity index is 1.44. The van der Waals surface area contributed by atoms with Crippen LogP contribution >= 0.6 is 0 Å². The molecule has 0 atom stereocenters. The van der Waals surface area contributed by atoms with Gasteiger partial charge in [0.1, 0.15) is 0 Å². The van der Waals surface area contributed by atoms with Crippen LogP contribution in [0.3, 0.4) is 0 Å². The molecule has 38 heavy (non-hydrogen) atoms. The van der Waals surface area contributed by atoms with Gasteiger partial charge in [-0.05, 0) is 69.8 Å². The highest BCUT2D eigenvalue weighted by Crippen LogP contribution is 2.52. The summed E-state index contributed by atoms with van der Waals surface area (Å²) in [6, 6.07) is 38.4. The number of nitrogens with two attached hydrogens (primary N) is 2. The van der Waals surface area contributed by atoms with E-state index in [-0.39, 0.29) is 5.41 Å². The molecule has 6 aromatic rings. The van der Waals surface area contributed by atoms with Crippen LogP contribution in [0.4, 0.5) is 22.7 Å². The molecule has 0 aromatic heterocycles. The van der Waals surface area contributed by atoms with Crippen molar-refractivity contribution in [2.24, 2.45) is 0 Å². The van der Waals surface area contributed by atoms with Crippen molar-refractivity contribution in [2.75, 3.05) is 16.8 Å². The van der Waals surface area contributed by atoms with Gasteiger partial charge in [-0.3, -0.25) is 0 Å². The molecule has 1 aliphatic carbocycles. The van der Waals surface area contributed by atoms with Gasteiger partial charge in [-0.1, -0.05) is 86.6 Å². The van der Waals surface area contributed by atoms with E-state index in [2.05, 4.69) is 116 Å². The van der Waals surface area contributed by atoms with Crippen LogP contribution in [0, 0.1) is 0 Å². The fourth-order valence-corrected chi connectivity index (χ4v) is 6.11. The molecule has 0 amide bonds. The topological polar surface area (TPSA) is 64.1 Å². The quantitative estimate of drug-likeness (QED) is 0.132. The van der Waals surface area contributed by atoms with E-state index in [1.165, 1.54) is 33.4 Å². The van der Waals surface area contributed by atoms with Crippen LogP contribution in [0.15, 0.2) is 109 Å². The predicted molar refractivity (Wildman–Crippen MR) is 163 cm³/mol. The number of hydrogen-bond donors (Lipinski definition) is 3. The smallest absolute Gasteiger partial charge is 0.0545 e. The Bertz CT molecular complexity index is 1870. The molecular weight excluding hydrogens is 462 g/mol. The van der Waals surface area contributed by atoms with Gasteiger partial charge in [0.2, 0.25) is 0 Å². The first-order valence-electron chi connectivity index (χ1n) is 13.0. The van der Waals surface area contributed by atoms with Crippen LogP contribution in [-0.4, -0.2) is 0 Å². The minimum atomic E-state index is -0.160. The molecule has 7 rings (SSSR count). The van der Waals surface area contributed by atoms with E-state index in [0.29, 0.717) is 0 Å². The zero-order chi connectivity index (χ0) is 26.0. The van der Waals surface area contributed by atoms with Gasteiger partial charge >= 0.3 is 0 Å². The van der Waals surface area contributed by atoms with Crippen molar-refractivity contribution in [3.8, 4) is 22.3 Å². The summed E-state index contributed by atoms with van der Waals surface area (Å²) in [6.07, 6.45) is 0. The number of rotatable bonds is 3. The lowest BCUT2D eigenvalue weighted by atomic mass is 9.81. The molecule has 0 spiro atoms. The summed E-state index contributed by atoms with van der Waals surface area (Å²) >= 11 is 0. The van der Waals surface area contributed by atoms with Crippen molar-refractivity contribution < 1.29 is 0 Å². The molecule has 0 aliphatic heterocycles. The summed E-state index contributed by atoms with van der Waals surface area (Å²) in [7, 11) is 0. The number of benzene rings is 6. The second kappa shape index (κ2) is 8.12. The molecule has 3 heteroatoms. The average molecular weight is 492 g/mol. The Morgan fingerprint density at radius 2 is 1.21 bits per heavy atom. The summed E-state index contributed by atoms with van der Waals surface area (Å²) in [6.45, 7) is 4.54. The van der Waals surface area contributed by atoms with E-state index in [9.17, 15) is 0 Å². The summed E-state index contributed by atoms with van der Waals surface area (Å²) in [5, 5.41) is 8.12. The fourth-order valence-electron chi connectivity index (χ4n) is 6.11. The number of hydrogen-bond acceptors (Lipinski definition) is 3. The van der Waals surface area contributed by atoms with Crippen molar-refractivity contribution in [2.45, 2.75) is 19.3 Å². The lowest BCUT2D eigenvalue weighted by Gasteiger charge is -2.23. The predicted octanol–water partition coefficient (Wildman–Crippen LogP) is 8.87. The molecule has 0 saturated heterocycles. The van der Waals surface area contributed by atoms with Crippen molar-refractivity contribution in [3.63, 3.8) is 0 Å². The maximum absolute atomic E-state index is 6.87. The number of fused-ring (bicyclic) bond motifs is 5. The molecule has 6 aromatic carbocycles. The van der Waals surface area contributed by atoms with E-state index >= 15 is 0 Å². The van der Waals surface area contributed by atoms with Crippen LogP contribution in [0.5, 0.6) is 0 Å². The normalized spacial score (nSPS) is 13.4. The monoisotopic (exact) mass is 491 g/mol. The maximum Gasteiger partial charge on any atom is 0.0545 e.